The van der Waals surface area contributed by atoms with Crippen molar-refractivity contribution in [3.63, 3.8) is 0 Å². The van der Waals surface area contributed by atoms with Crippen LogP contribution in [0.3, 0.4) is 0 Å². The molecule has 0 aliphatic rings. The molecule has 0 unspecified atom stereocenters. The van der Waals surface area contributed by atoms with E-state index < -0.39 is 17.5 Å². The normalized spacial score (nSPS) is 10.7. The van der Waals surface area contributed by atoms with Gasteiger partial charge in [-0.3, -0.25) is 14.4 Å². The molecule has 0 heterocycles. The zero-order valence-electron chi connectivity index (χ0n) is 14.8. The molecule has 134 valence electrons. The minimum atomic E-state index is -1.03. The zero-order chi connectivity index (χ0) is 17.3. The van der Waals surface area contributed by atoms with Gasteiger partial charge in [0.25, 0.3) is 0 Å². The molecule has 0 radical (unpaired) electrons. The number of rotatable bonds is 17. The maximum Gasteiger partial charge on any atom is 0.303 e. The first-order chi connectivity index (χ1) is 11.1. The Labute approximate surface area is 141 Å². The van der Waals surface area contributed by atoms with Crippen LogP contribution in [-0.4, -0.2) is 22.6 Å². The Kier molecular flexibility index (Phi) is 14.9. The van der Waals surface area contributed by atoms with E-state index in [1.807, 2.05) is 0 Å². The van der Waals surface area contributed by atoms with Crippen LogP contribution in [-0.2, 0) is 14.4 Å². The van der Waals surface area contributed by atoms with Gasteiger partial charge in [0.2, 0.25) is 0 Å². The third-order valence-electron chi connectivity index (χ3n) is 4.13. The lowest BCUT2D eigenvalue weighted by Gasteiger charge is -2.03. The van der Waals surface area contributed by atoms with Crippen molar-refractivity contribution in [2.45, 2.75) is 103 Å². The Balaban J connectivity index is 3.30. The zero-order valence-corrected chi connectivity index (χ0v) is 14.8. The number of unbranched alkanes of at least 4 members (excludes halogenated alkanes) is 11. The number of carbonyl (C=O) groups is 3. The van der Waals surface area contributed by atoms with Crippen LogP contribution in [0.15, 0.2) is 0 Å². The van der Waals surface area contributed by atoms with E-state index in [-0.39, 0.29) is 19.3 Å². The van der Waals surface area contributed by atoms with Gasteiger partial charge in [0.15, 0.2) is 11.6 Å². The molecule has 0 bridgehead atoms. The van der Waals surface area contributed by atoms with Gasteiger partial charge in [0.1, 0.15) is 0 Å². The molecule has 4 nitrogen and oxygen atoms in total. The van der Waals surface area contributed by atoms with Crippen LogP contribution >= 0.6 is 0 Å². The maximum absolute atomic E-state index is 11.5. The summed E-state index contributed by atoms with van der Waals surface area (Å²) in [7, 11) is 0. The van der Waals surface area contributed by atoms with Gasteiger partial charge in [-0.1, -0.05) is 77.6 Å². The minimum Gasteiger partial charge on any atom is -0.481 e. The molecule has 0 rings (SSSR count). The third kappa shape index (κ3) is 15.5. The predicted octanol–water partition coefficient (Wildman–Crippen LogP) is 5.08. The highest BCUT2D eigenvalue weighted by molar-refractivity contribution is 6.37. The topological polar surface area (TPSA) is 71.4 Å². The molecule has 0 aromatic carbocycles. The summed E-state index contributed by atoms with van der Waals surface area (Å²) in [6.07, 6.45) is 14.6. The molecular weight excluding hydrogens is 292 g/mol. The van der Waals surface area contributed by atoms with Gasteiger partial charge in [0, 0.05) is 12.8 Å². The van der Waals surface area contributed by atoms with E-state index in [2.05, 4.69) is 6.92 Å². The number of carboxylic acid groups (broad SMARTS) is 1. The summed E-state index contributed by atoms with van der Waals surface area (Å²) < 4.78 is 0. The van der Waals surface area contributed by atoms with E-state index in [1.54, 1.807) is 0 Å². The number of hydrogen-bond donors (Lipinski definition) is 1. The van der Waals surface area contributed by atoms with Crippen molar-refractivity contribution < 1.29 is 19.5 Å². The summed E-state index contributed by atoms with van der Waals surface area (Å²) in [6.45, 7) is 2.24. The molecule has 0 saturated carbocycles. The summed E-state index contributed by atoms with van der Waals surface area (Å²) in [5.41, 5.74) is 0. The Hall–Kier alpha value is -1.19. The molecule has 0 fully saturated rings. The largest absolute Gasteiger partial charge is 0.481 e. The fraction of sp³-hybridized carbons (Fsp3) is 0.842. The summed E-state index contributed by atoms with van der Waals surface area (Å²) in [4.78, 5) is 33.2. The lowest BCUT2D eigenvalue weighted by atomic mass is 10.0. The molecule has 0 aromatic rings. The Bertz CT molecular complexity index is 336. The lowest BCUT2D eigenvalue weighted by Crippen LogP contribution is -2.14. The van der Waals surface area contributed by atoms with Crippen molar-refractivity contribution in [3.8, 4) is 0 Å². The summed E-state index contributed by atoms with van der Waals surface area (Å²) in [5.74, 6) is -1.97. The Morgan fingerprint density at radius 2 is 0.957 bits per heavy atom. The second kappa shape index (κ2) is 15.7. The van der Waals surface area contributed by atoms with Gasteiger partial charge in [-0.25, -0.2) is 0 Å². The number of carboxylic acids is 1. The van der Waals surface area contributed by atoms with E-state index >= 15 is 0 Å². The number of ketones is 2. The van der Waals surface area contributed by atoms with Crippen molar-refractivity contribution in [1.29, 1.82) is 0 Å². The summed E-state index contributed by atoms with van der Waals surface area (Å²) in [6, 6.07) is 0. The van der Waals surface area contributed by atoms with E-state index in [4.69, 9.17) is 5.11 Å². The minimum absolute atomic E-state index is 0.160. The Morgan fingerprint density at radius 3 is 1.39 bits per heavy atom. The van der Waals surface area contributed by atoms with Crippen molar-refractivity contribution in [3.05, 3.63) is 0 Å². The van der Waals surface area contributed by atoms with Crippen molar-refractivity contribution in [2.75, 3.05) is 0 Å². The van der Waals surface area contributed by atoms with Crippen LogP contribution < -0.4 is 0 Å². The van der Waals surface area contributed by atoms with Crippen LogP contribution in [0.25, 0.3) is 0 Å². The third-order valence-corrected chi connectivity index (χ3v) is 4.13. The highest BCUT2D eigenvalue weighted by atomic mass is 16.4. The highest BCUT2D eigenvalue weighted by Gasteiger charge is 2.14. The second-order valence-corrected chi connectivity index (χ2v) is 6.38. The predicted molar refractivity (Wildman–Crippen MR) is 92.6 cm³/mol. The van der Waals surface area contributed by atoms with Gasteiger partial charge >= 0.3 is 5.97 Å². The fourth-order valence-electron chi connectivity index (χ4n) is 2.63. The van der Waals surface area contributed by atoms with Gasteiger partial charge in [0.05, 0.1) is 6.42 Å². The van der Waals surface area contributed by atoms with Crippen LogP contribution in [0, 0.1) is 0 Å². The van der Waals surface area contributed by atoms with Crippen molar-refractivity contribution in [2.24, 2.45) is 0 Å². The number of hydrogen-bond acceptors (Lipinski definition) is 3. The molecule has 0 aliphatic carbocycles. The SMILES string of the molecule is CCCCCCCCCCCCCCC(=O)C(=O)CCC(=O)O. The van der Waals surface area contributed by atoms with Crippen molar-refractivity contribution >= 4 is 17.5 Å². The van der Waals surface area contributed by atoms with Gasteiger partial charge in [-0.15, -0.1) is 0 Å². The molecule has 4 heteroatoms. The average molecular weight is 326 g/mol. The maximum atomic E-state index is 11.5. The quantitative estimate of drug-likeness (QED) is 0.299. The summed E-state index contributed by atoms with van der Waals surface area (Å²) in [5, 5.41) is 8.47. The van der Waals surface area contributed by atoms with Gasteiger partial charge in [-0.2, -0.15) is 0 Å². The van der Waals surface area contributed by atoms with Crippen LogP contribution in [0.1, 0.15) is 103 Å². The number of carbonyl (C=O) groups excluding carboxylic acids is 2. The fourth-order valence-corrected chi connectivity index (χ4v) is 2.63. The first kappa shape index (κ1) is 21.8. The highest BCUT2D eigenvalue weighted by Crippen LogP contribution is 2.12. The molecular formula is C19H34O4. The first-order valence-electron chi connectivity index (χ1n) is 9.35. The molecule has 0 atom stereocenters. The van der Waals surface area contributed by atoms with E-state index in [1.165, 1.54) is 57.8 Å². The van der Waals surface area contributed by atoms with E-state index in [0.29, 0.717) is 0 Å². The summed E-state index contributed by atoms with van der Waals surface area (Å²) >= 11 is 0. The van der Waals surface area contributed by atoms with Crippen molar-refractivity contribution in [1.82, 2.24) is 0 Å². The lowest BCUT2D eigenvalue weighted by molar-refractivity contribution is -0.140. The molecule has 0 aliphatic heterocycles. The van der Waals surface area contributed by atoms with Gasteiger partial charge in [-0.05, 0) is 6.42 Å². The molecule has 0 saturated heterocycles. The first-order valence-corrected chi connectivity index (χ1v) is 9.35. The molecule has 23 heavy (non-hydrogen) atoms. The number of Topliss-reactive ketones (excluding diaryl/α,β-unsaturated/α-hetero) is 2. The average Bonchev–Trinajstić information content (AvgIpc) is 2.53. The smallest absolute Gasteiger partial charge is 0.303 e. The van der Waals surface area contributed by atoms with Gasteiger partial charge < -0.3 is 5.11 Å². The molecule has 0 spiro atoms. The molecule has 1 N–H and O–H groups in total. The van der Waals surface area contributed by atoms with Crippen LogP contribution in [0.5, 0.6) is 0 Å². The van der Waals surface area contributed by atoms with E-state index in [9.17, 15) is 14.4 Å². The van der Waals surface area contributed by atoms with Crippen LogP contribution in [0.2, 0.25) is 0 Å². The second-order valence-electron chi connectivity index (χ2n) is 6.38. The standard InChI is InChI=1S/C19H34O4/c1-2-3-4-5-6-7-8-9-10-11-12-13-14-17(20)18(21)15-16-19(22)23/h2-16H2,1H3,(H,22,23). The Morgan fingerprint density at radius 1 is 0.565 bits per heavy atom. The monoisotopic (exact) mass is 326 g/mol. The van der Waals surface area contributed by atoms with E-state index in [0.717, 1.165) is 19.3 Å². The molecule has 0 aromatic heterocycles. The van der Waals surface area contributed by atoms with Crippen LogP contribution in [0.4, 0.5) is 0 Å². The number of aliphatic carboxylic acids is 1. The molecule has 0 amide bonds.